The van der Waals surface area contributed by atoms with Gasteiger partial charge in [0, 0.05) is 12.1 Å². The number of anilines is 1. The van der Waals surface area contributed by atoms with E-state index in [9.17, 15) is 9.59 Å². The molecule has 0 saturated carbocycles. The summed E-state index contributed by atoms with van der Waals surface area (Å²) in [4.78, 5) is 26.6. The zero-order chi connectivity index (χ0) is 16.2. The van der Waals surface area contributed by atoms with E-state index in [0.717, 1.165) is 24.1 Å². The van der Waals surface area contributed by atoms with Gasteiger partial charge in [-0.2, -0.15) is 0 Å². The van der Waals surface area contributed by atoms with Crippen molar-refractivity contribution in [3.05, 3.63) is 54.0 Å². The Labute approximate surface area is 135 Å². The van der Waals surface area contributed by atoms with Crippen LogP contribution in [0.4, 0.5) is 5.69 Å². The molecule has 0 bridgehead atoms. The Balaban J connectivity index is 1.78. The number of benzene rings is 1. The average molecular weight is 312 g/mol. The third kappa shape index (κ3) is 3.28. The molecule has 5 nitrogen and oxygen atoms in total. The first-order chi connectivity index (χ1) is 11.2. The predicted octanol–water partition coefficient (Wildman–Crippen LogP) is 2.65. The second-order valence-electron chi connectivity index (χ2n) is 5.72. The Bertz CT molecular complexity index is 694. The predicted molar refractivity (Wildman–Crippen MR) is 86.9 cm³/mol. The van der Waals surface area contributed by atoms with Gasteiger partial charge in [-0.3, -0.25) is 14.5 Å². The topological polar surface area (TPSA) is 62.6 Å². The van der Waals surface area contributed by atoms with Crippen LogP contribution in [0.3, 0.4) is 0 Å². The molecule has 1 aromatic heterocycles. The van der Waals surface area contributed by atoms with Gasteiger partial charge in [-0.05, 0) is 43.5 Å². The van der Waals surface area contributed by atoms with Gasteiger partial charge in [0.25, 0.3) is 0 Å². The van der Waals surface area contributed by atoms with Crippen molar-refractivity contribution < 1.29 is 14.0 Å². The van der Waals surface area contributed by atoms with Crippen molar-refractivity contribution in [2.75, 3.05) is 4.90 Å². The van der Waals surface area contributed by atoms with Gasteiger partial charge in [0.2, 0.25) is 11.8 Å². The molecule has 1 aliphatic rings. The van der Waals surface area contributed by atoms with Crippen LogP contribution in [0.2, 0.25) is 0 Å². The quantitative estimate of drug-likeness (QED) is 0.944. The van der Waals surface area contributed by atoms with E-state index in [1.54, 1.807) is 30.2 Å². The fraction of sp³-hybridized carbons (Fsp3) is 0.333. The van der Waals surface area contributed by atoms with Crippen LogP contribution in [-0.4, -0.2) is 17.9 Å². The average Bonchev–Trinajstić information content (AvgIpc) is 3.01. The van der Waals surface area contributed by atoms with Crippen molar-refractivity contribution in [1.82, 2.24) is 5.32 Å². The minimum absolute atomic E-state index is 0.00408. The summed E-state index contributed by atoms with van der Waals surface area (Å²) in [7, 11) is 0. The molecule has 2 heterocycles. The molecular weight excluding hydrogens is 292 g/mol. The highest BCUT2D eigenvalue weighted by Crippen LogP contribution is 2.28. The van der Waals surface area contributed by atoms with E-state index < -0.39 is 6.04 Å². The standard InChI is InChI=1S/C18H20N2O3/c1-13(18(22)19-12-15-8-5-11-23-15)20-16-9-3-2-6-14(16)7-4-10-17(20)21/h2-3,5-6,8-9,11,13H,4,7,10,12H2,1H3,(H,19,22)/t13-/m1/s1. The summed E-state index contributed by atoms with van der Waals surface area (Å²) in [5.74, 6) is 0.496. The van der Waals surface area contributed by atoms with E-state index in [1.165, 1.54) is 0 Å². The number of rotatable bonds is 4. The maximum Gasteiger partial charge on any atom is 0.243 e. The third-order valence-corrected chi connectivity index (χ3v) is 4.14. The van der Waals surface area contributed by atoms with Crippen molar-refractivity contribution >= 4 is 17.5 Å². The van der Waals surface area contributed by atoms with Crippen LogP contribution in [-0.2, 0) is 22.6 Å². The van der Waals surface area contributed by atoms with E-state index in [1.807, 2.05) is 24.3 Å². The largest absolute Gasteiger partial charge is 0.467 e. The highest BCUT2D eigenvalue weighted by Gasteiger charge is 2.30. The lowest BCUT2D eigenvalue weighted by Gasteiger charge is -2.28. The Kier molecular flexibility index (Phi) is 4.46. The number of para-hydroxylation sites is 1. The van der Waals surface area contributed by atoms with Crippen LogP contribution in [0.15, 0.2) is 47.1 Å². The molecule has 1 aliphatic heterocycles. The molecule has 1 atom stereocenters. The molecule has 0 fully saturated rings. The Hall–Kier alpha value is -2.56. The molecular formula is C18H20N2O3. The summed E-state index contributed by atoms with van der Waals surface area (Å²) in [5, 5.41) is 2.83. The van der Waals surface area contributed by atoms with E-state index in [-0.39, 0.29) is 11.8 Å². The van der Waals surface area contributed by atoms with Gasteiger partial charge in [0.15, 0.2) is 0 Å². The summed E-state index contributed by atoms with van der Waals surface area (Å²) in [6.07, 6.45) is 3.70. The van der Waals surface area contributed by atoms with Gasteiger partial charge < -0.3 is 9.73 Å². The van der Waals surface area contributed by atoms with Crippen LogP contribution < -0.4 is 10.2 Å². The summed E-state index contributed by atoms with van der Waals surface area (Å²) < 4.78 is 5.21. The molecule has 23 heavy (non-hydrogen) atoms. The molecule has 120 valence electrons. The molecule has 1 N–H and O–H groups in total. The molecule has 0 radical (unpaired) electrons. The first-order valence-corrected chi connectivity index (χ1v) is 7.87. The molecule has 0 aliphatic carbocycles. The van der Waals surface area contributed by atoms with Crippen molar-refractivity contribution in [1.29, 1.82) is 0 Å². The van der Waals surface area contributed by atoms with Crippen molar-refractivity contribution in [2.45, 2.75) is 38.8 Å². The van der Waals surface area contributed by atoms with Gasteiger partial charge in [0.1, 0.15) is 11.8 Å². The summed E-state index contributed by atoms with van der Waals surface area (Å²) in [6, 6.07) is 10.8. The normalized spacial score (nSPS) is 15.7. The smallest absolute Gasteiger partial charge is 0.243 e. The highest BCUT2D eigenvalue weighted by molar-refractivity contribution is 6.01. The fourth-order valence-corrected chi connectivity index (χ4v) is 2.92. The van der Waals surface area contributed by atoms with E-state index in [0.29, 0.717) is 18.7 Å². The Morgan fingerprint density at radius 1 is 1.26 bits per heavy atom. The van der Waals surface area contributed by atoms with Gasteiger partial charge in [-0.15, -0.1) is 0 Å². The number of aryl methyl sites for hydroxylation is 1. The number of hydrogen-bond acceptors (Lipinski definition) is 3. The summed E-state index contributed by atoms with van der Waals surface area (Å²) in [5.41, 5.74) is 1.96. The number of nitrogens with zero attached hydrogens (tertiary/aromatic N) is 1. The summed E-state index contributed by atoms with van der Waals surface area (Å²) >= 11 is 0. The highest BCUT2D eigenvalue weighted by atomic mass is 16.3. The molecule has 0 spiro atoms. The maximum absolute atomic E-state index is 12.5. The molecule has 2 amide bonds. The monoisotopic (exact) mass is 312 g/mol. The van der Waals surface area contributed by atoms with E-state index in [4.69, 9.17) is 4.42 Å². The molecule has 0 unspecified atom stereocenters. The Morgan fingerprint density at radius 3 is 2.87 bits per heavy atom. The third-order valence-electron chi connectivity index (χ3n) is 4.14. The lowest BCUT2D eigenvalue weighted by Crippen LogP contribution is -2.48. The minimum atomic E-state index is -0.559. The van der Waals surface area contributed by atoms with Gasteiger partial charge in [-0.25, -0.2) is 0 Å². The van der Waals surface area contributed by atoms with Crippen molar-refractivity contribution in [2.24, 2.45) is 0 Å². The van der Waals surface area contributed by atoms with Crippen LogP contribution >= 0.6 is 0 Å². The number of fused-ring (bicyclic) bond motifs is 1. The van der Waals surface area contributed by atoms with Crippen molar-refractivity contribution in [3.8, 4) is 0 Å². The number of hydrogen-bond donors (Lipinski definition) is 1. The Morgan fingerprint density at radius 2 is 2.09 bits per heavy atom. The lowest BCUT2D eigenvalue weighted by atomic mass is 10.1. The molecule has 1 aromatic carbocycles. The molecule has 5 heteroatoms. The van der Waals surface area contributed by atoms with Crippen LogP contribution in [0, 0.1) is 0 Å². The molecule has 3 rings (SSSR count). The number of furan rings is 1. The van der Waals surface area contributed by atoms with Crippen LogP contribution in [0.5, 0.6) is 0 Å². The number of amides is 2. The van der Waals surface area contributed by atoms with Gasteiger partial charge in [-0.1, -0.05) is 18.2 Å². The van der Waals surface area contributed by atoms with Crippen molar-refractivity contribution in [3.63, 3.8) is 0 Å². The second kappa shape index (κ2) is 6.69. The molecule has 2 aromatic rings. The van der Waals surface area contributed by atoms with E-state index in [2.05, 4.69) is 5.32 Å². The fourth-order valence-electron chi connectivity index (χ4n) is 2.92. The van der Waals surface area contributed by atoms with E-state index >= 15 is 0 Å². The first kappa shape index (κ1) is 15.3. The first-order valence-electron chi connectivity index (χ1n) is 7.87. The maximum atomic E-state index is 12.5. The summed E-state index contributed by atoms with van der Waals surface area (Å²) in [6.45, 7) is 2.08. The molecule has 0 saturated heterocycles. The van der Waals surface area contributed by atoms with Crippen LogP contribution in [0.1, 0.15) is 31.1 Å². The SMILES string of the molecule is C[C@H](C(=O)NCc1ccco1)N1C(=O)CCCc2ccccc21. The minimum Gasteiger partial charge on any atom is -0.467 e. The van der Waals surface area contributed by atoms with Gasteiger partial charge >= 0.3 is 0 Å². The van der Waals surface area contributed by atoms with Crippen LogP contribution in [0.25, 0.3) is 0 Å². The number of carbonyl (C=O) groups is 2. The lowest BCUT2D eigenvalue weighted by molar-refractivity contribution is -0.126. The number of carbonyl (C=O) groups excluding carboxylic acids is 2. The zero-order valence-corrected chi connectivity index (χ0v) is 13.1. The number of nitrogens with one attached hydrogen (secondary N) is 1. The zero-order valence-electron chi connectivity index (χ0n) is 13.1. The van der Waals surface area contributed by atoms with Gasteiger partial charge in [0.05, 0.1) is 12.8 Å². The second-order valence-corrected chi connectivity index (χ2v) is 5.72.